The molecule has 6 heteroatoms. The van der Waals surface area contributed by atoms with E-state index in [2.05, 4.69) is 5.32 Å². The molecule has 5 nitrogen and oxygen atoms in total. The van der Waals surface area contributed by atoms with E-state index >= 15 is 0 Å². The number of amides is 1. The van der Waals surface area contributed by atoms with E-state index in [-0.39, 0.29) is 5.75 Å². The summed E-state index contributed by atoms with van der Waals surface area (Å²) in [6, 6.07) is 0. The fourth-order valence-corrected chi connectivity index (χ4v) is 1.72. The zero-order valence-electron chi connectivity index (χ0n) is 10.6. The zero-order valence-corrected chi connectivity index (χ0v) is 11.4. The Morgan fingerprint density at radius 1 is 1.29 bits per heavy atom. The molecule has 0 aromatic rings. The topological polar surface area (TPSA) is 75.6 Å². The SMILES string of the molecule is CC(C)(C)OC(=O)NCCCCSCC(=O)O. The van der Waals surface area contributed by atoms with E-state index in [1.165, 1.54) is 11.8 Å². The third-order valence-electron chi connectivity index (χ3n) is 1.61. The fourth-order valence-electron chi connectivity index (χ4n) is 0.993. The first-order chi connectivity index (χ1) is 7.81. The number of carbonyl (C=O) groups excluding carboxylic acids is 1. The van der Waals surface area contributed by atoms with Crippen LogP contribution in [0, 0.1) is 0 Å². The molecular formula is C11H21NO4S. The van der Waals surface area contributed by atoms with Crippen LogP contribution in [0.4, 0.5) is 4.79 Å². The lowest BCUT2D eigenvalue weighted by molar-refractivity contribution is -0.133. The molecule has 100 valence electrons. The van der Waals surface area contributed by atoms with Crippen molar-refractivity contribution in [2.75, 3.05) is 18.1 Å². The molecule has 1 amide bonds. The molecule has 17 heavy (non-hydrogen) atoms. The number of ether oxygens (including phenoxy) is 1. The number of thioether (sulfide) groups is 1. The Bertz CT molecular complexity index is 250. The molecule has 0 aliphatic rings. The molecule has 0 heterocycles. The van der Waals surface area contributed by atoms with Gasteiger partial charge in [-0.05, 0) is 39.4 Å². The second-order valence-corrected chi connectivity index (χ2v) is 5.69. The van der Waals surface area contributed by atoms with Crippen molar-refractivity contribution in [2.45, 2.75) is 39.2 Å². The molecule has 0 spiro atoms. The van der Waals surface area contributed by atoms with E-state index < -0.39 is 17.7 Å². The van der Waals surface area contributed by atoms with Crippen LogP contribution in [0.3, 0.4) is 0 Å². The van der Waals surface area contributed by atoms with Crippen molar-refractivity contribution in [3.05, 3.63) is 0 Å². The number of rotatable bonds is 7. The Balaban J connectivity index is 3.34. The van der Waals surface area contributed by atoms with Gasteiger partial charge in [0.05, 0.1) is 5.75 Å². The van der Waals surface area contributed by atoms with Crippen molar-refractivity contribution < 1.29 is 19.4 Å². The van der Waals surface area contributed by atoms with Crippen molar-refractivity contribution in [3.8, 4) is 0 Å². The maximum atomic E-state index is 11.2. The van der Waals surface area contributed by atoms with E-state index in [0.29, 0.717) is 6.54 Å². The van der Waals surface area contributed by atoms with Gasteiger partial charge in [0.25, 0.3) is 0 Å². The summed E-state index contributed by atoms with van der Waals surface area (Å²) in [5, 5.41) is 11.1. The number of carboxylic acid groups (broad SMARTS) is 1. The average Bonchev–Trinajstić information content (AvgIpc) is 2.12. The lowest BCUT2D eigenvalue weighted by Gasteiger charge is -2.19. The minimum absolute atomic E-state index is 0.138. The van der Waals surface area contributed by atoms with E-state index in [4.69, 9.17) is 9.84 Å². The summed E-state index contributed by atoms with van der Waals surface area (Å²) in [6.45, 7) is 6.00. The highest BCUT2D eigenvalue weighted by Gasteiger charge is 2.15. The van der Waals surface area contributed by atoms with Gasteiger partial charge in [-0.2, -0.15) is 11.8 Å². The number of carboxylic acids is 1. The summed E-state index contributed by atoms with van der Waals surface area (Å²) in [7, 11) is 0. The number of aliphatic carboxylic acids is 1. The molecular weight excluding hydrogens is 242 g/mol. The number of hydrogen-bond acceptors (Lipinski definition) is 4. The Hall–Kier alpha value is -0.910. The number of nitrogens with one attached hydrogen (secondary N) is 1. The fraction of sp³-hybridized carbons (Fsp3) is 0.818. The third-order valence-corrected chi connectivity index (χ3v) is 2.64. The van der Waals surface area contributed by atoms with Gasteiger partial charge >= 0.3 is 12.1 Å². The molecule has 0 aromatic heterocycles. The van der Waals surface area contributed by atoms with E-state index in [0.717, 1.165) is 18.6 Å². The Morgan fingerprint density at radius 3 is 2.47 bits per heavy atom. The van der Waals surface area contributed by atoms with E-state index in [1.807, 2.05) is 20.8 Å². The van der Waals surface area contributed by atoms with Crippen LogP contribution >= 0.6 is 11.8 Å². The van der Waals surface area contributed by atoms with Gasteiger partial charge in [-0.15, -0.1) is 0 Å². The van der Waals surface area contributed by atoms with Crippen LogP contribution < -0.4 is 5.32 Å². The first-order valence-corrected chi connectivity index (χ1v) is 6.73. The largest absolute Gasteiger partial charge is 0.481 e. The maximum absolute atomic E-state index is 11.2. The summed E-state index contributed by atoms with van der Waals surface area (Å²) in [6.07, 6.45) is 1.30. The van der Waals surface area contributed by atoms with Gasteiger partial charge in [-0.3, -0.25) is 4.79 Å². The first kappa shape index (κ1) is 16.1. The zero-order chi connectivity index (χ0) is 13.3. The third kappa shape index (κ3) is 13.0. The molecule has 0 radical (unpaired) electrons. The smallest absolute Gasteiger partial charge is 0.407 e. The number of carbonyl (C=O) groups is 2. The molecule has 0 saturated heterocycles. The van der Waals surface area contributed by atoms with Gasteiger partial charge in [0.1, 0.15) is 5.60 Å². The standard InChI is InChI=1S/C11H21NO4S/c1-11(2,3)16-10(15)12-6-4-5-7-17-8-9(13)14/h4-8H2,1-3H3,(H,12,15)(H,13,14). The number of alkyl carbamates (subject to hydrolysis) is 1. The molecule has 2 N–H and O–H groups in total. The number of unbranched alkanes of at least 4 members (excludes halogenated alkanes) is 1. The summed E-state index contributed by atoms with van der Waals surface area (Å²) < 4.78 is 5.06. The molecule has 0 bridgehead atoms. The highest BCUT2D eigenvalue weighted by atomic mass is 32.2. The van der Waals surface area contributed by atoms with Gasteiger partial charge in [-0.1, -0.05) is 0 Å². The summed E-state index contributed by atoms with van der Waals surface area (Å²) in [4.78, 5) is 21.4. The molecule has 0 unspecified atom stereocenters. The summed E-state index contributed by atoms with van der Waals surface area (Å²) in [5.74, 6) is 0.142. The van der Waals surface area contributed by atoms with Crippen molar-refractivity contribution in [1.29, 1.82) is 0 Å². The molecule has 0 aliphatic carbocycles. The van der Waals surface area contributed by atoms with Gasteiger partial charge in [-0.25, -0.2) is 4.79 Å². The summed E-state index contributed by atoms with van der Waals surface area (Å²) >= 11 is 1.39. The molecule has 0 aliphatic heterocycles. The minimum Gasteiger partial charge on any atom is -0.481 e. The number of hydrogen-bond donors (Lipinski definition) is 2. The van der Waals surface area contributed by atoms with Crippen LogP contribution in [0.2, 0.25) is 0 Å². The van der Waals surface area contributed by atoms with Gasteiger partial charge in [0.15, 0.2) is 0 Å². The van der Waals surface area contributed by atoms with Crippen LogP contribution in [-0.4, -0.2) is 40.8 Å². The Labute approximate surface area is 106 Å². The molecule has 0 rings (SSSR count). The van der Waals surface area contributed by atoms with E-state index in [1.54, 1.807) is 0 Å². The second-order valence-electron chi connectivity index (χ2n) is 4.58. The highest BCUT2D eigenvalue weighted by Crippen LogP contribution is 2.07. The quantitative estimate of drug-likeness (QED) is 0.688. The summed E-state index contributed by atoms with van der Waals surface area (Å²) in [5.41, 5.74) is -0.471. The molecule has 0 fully saturated rings. The van der Waals surface area contributed by atoms with Crippen molar-refractivity contribution in [3.63, 3.8) is 0 Å². The van der Waals surface area contributed by atoms with Crippen LogP contribution in [0.25, 0.3) is 0 Å². The predicted octanol–water partition coefficient (Wildman–Crippen LogP) is 2.11. The van der Waals surface area contributed by atoms with Crippen LogP contribution in [0.1, 0.15) is 33.6 Å². The van der Waals surface area contributed by atoms with Crippen LogP contribution in [-0.2, 0) is 9.53 Å². The van der Waals surface area contributed by atoms with Crippen molar-refractivity contribution in [2.24, 2.45) is 0 Å². The molecule has 0 aromatic carbocycles. The van der Waals surface area contributed by atoms with Gasteiger partial charge in [0.2, 0.25) is 0 Å². The second kappa shape index (κ2) is 8.22. The Kier molecular flexibility index (Phi) is 7.78. The lowest BCUT2D eigenvalue weighted by atomic mass is 10.2. The lowest BCUT2D eigenvalue weighted by Crippen LogP contribution is -2.33. The van der Waals surface area contributed by atoms with Crippen molar-refractivity contribution in [1.82, 2.24) is 5.32 Å². The molecule has 0 saturated carbocycles. The first-order valence-electron chi connectivity index (χ1n) is 5.57. The van der Waals surface area contributed by atoms with Crippen molar-refractivity contribution >= 4 is 23.8 Å². The highest BCUT2D eigenvalue weighted by molar-refractivity contribution is 7.99. The molecule has 0 atom stereocenters. The maximum Gasteiger partial charge on any atom is 0.407 e. The average molecular weight is 263 g/mol. The monoisotopic (exact) mass is 263 g/mol. The van der Waals surface area contributed by atoms with E-state index in [9.17, 15) is 9.59 Å². The van der Waals surface area contributed by atoms with Gasteiger partial charge in [0, 0.05) is 6.54 Å². The minimum atomic E-state index is -0.790. The predicted molar refractivity (Wildman–Crippen MR) is 68.4 cm³/mol. The normalized spacial score (nSPS) is 11.0. The Morgan fingerprint density at radius 2 is 1.94 bits per heavy atom. The van der Waals surface area contributed by atoms with Gasteiger partial charge < -0.3 is 15.2 Å². The van der Waals surface area contributed by atoms with Crippen LogP contribution in [0.15, 0.2) is 0 Å². The van der Waals surface area contributed by atoms with Crippen LogP contribution in [0.5, 0.6) is 0 Å².